The van der Waals surface area contributed by atoms with Gasteiger partial charge in [0.25, 0.3) is 0 Å². The van der Waals surface area contributed by atoms with Crippen LogP contribution in [0.1, 0.15) is 31.2 Å². The fourth-order valence-corrected chi connectivity index (χ4v) is 3.60. The number of nitrogens with zero attached hydrogens (tertiary/aromatic N) is 1. The van der Waals surface area contributed by atoms with Crippen LogP contribution in [0.5, 0.6) is 11.5 Å². The summed E-state index contributed by atoms with van der Waals surface area (Å²) in [6, 6.07) is 3.86. The highest BCUT2D eigenvalue weighted by atomic mass is 79.9. The number of halogens is 1. The summed E-state index contributed by atoms with van der Waals surface area (Å²) >= 11 is 3.57. The van der Waals surface area contributed by atoms with Crippen LogP contribution < -0.4 is 9.47 Å². The van der Waals surface area contributed by atoms with E-state index in [-0.39, 0.29) is 0 Å². The van der Waals surface area contributed by atoms with Gasteiger partial charge in [-0.3, -0.25) is 0 Å². The second-order valence-corrected chi connectivity index (χ2v) is 5.77. The van der Waals surface area contributed by atoms with Crippen LogP contribution in [0.15, 0.2) is 21.6 Å². The van der Waals surface area contributed by atoms with Gasteiger partial charge in [0.05, 0.1) is 5.54 Å². The Morgan fingerprint density at radius 1 is 1.16 bits per heavy atom. The number of benzene rings is 1. The van der Waals surface area contributed by atoms with Crippen molar-refractivity contribution in [1.29, 1.82) is 0 Å². The monoisotopic (exact) mass is 323 g/mol. The zero-order valence-electron chi connectivity index (χ0n) is 10.4. The van der Waals surface area contributed by atoms with Crippen LogP contribution in [-0.4, -0.2) is 19.3 Å². The SMILES string of the molecule is O=C=NC1(c2cc3c(cc2Br)OCCO3)CCCC1. The van der Waals surface area contributed by atoms with Gasteiger partial charge in [-0.15, -0.1) is 0 Å². The number of hydrogen-bond acceptors (Lipinski definition) is 4. The van der Waals surface area contributed by atoms with Gasteiger partial charge in [0, 0.05) is 4.47 Å². The smallest absolute Gasteiger partial charge is 0.235 e. The Morgan fingerprint density at radius 3 is 2.42 bits per heavy atom. The molecule has 1 aliphatic heterocycles. The molecule has 1 aliphatic carbocycles. The minimum Gasteiger partial charge on any atom is -0.486 e. The standard InChI is InChI=1S/C14H14BrNO3/c15-11-8-13-12(18-5-6-19-13)7-10(11)14(16-9-17)3-1-2-4-14/h7-8H,1-6H2. The molecule has 19 heavy (non-hydrogen) atoms. The molecule has 0 spiro atoms. The van der Waals surface area contributed by atoms with E-state index in [1.165, 1.54) is 0 Å². The molecule has 0 saturated heterocycles. The Bertz CT molecular complexity index is 546. The van der Waals surface area contributed by atoms with Crippen LogP contribution >= 0.6 is 15.9 Å². The normalized spacial score (nSPS) is 19.8. The van der Waals surface area contributed by atoms with Gasteiger partial charge >= 0.3 is 0 Å². The van der Waals surface area contributed by atoms with Crippen molar-refractivity contribution in [3.63, 3.8) is 0 Å². The molecule has 1 fully saturated rings. The summed E-state index contributed by atoms with van der Waals surface area (Å²) in [7, 11) is 0. The summed E-state index contributed by atoms with van der Waals surface area (Å²) in [4.78, 5) is 14.9. The molecule has 4 nitrogen and oxygen atoms in total. The van der Waals surface area contributed by atoms with Gasteiger partial charge in [-0.1, -0.05) is 28.8 Å². The molecule has 1 saturated carbocycles. The Labute approximate surface area is 119 Å². The molecule has 0 bridgehead atoms. The zero-order chi connectivity index (χ0) is 13.3. The number of isocyanates is 1. The number of carbonyl (C=O) groups excluding carboxylic acids is 1. The van der Waals surface area contributed by atoms with Crippen LogP contribution in [-0.2, 0) is 10.3 Å². The first-order valence-electron chi connectivity index (χ1n) is 6.44. The molecule has 0 atom stereocenters. The molecule has 100 valence electrons. The summed E-state index contributed by atoms with van der Waals surface area (Å²) in [5.74, 6) is 1.47. The molecular formula is C14H14BrNO3. The third-order valence-corrected chi connectivity index (χ3v) is 4.48. The van der Waals surface area contributed by atoms with E-state index in [0.29, 0.717) is 13.2 Å². The summed E-state index contributed by atoms with van der Waals surface area (Å²) in [5, 5.41) is 0. The van der Waals surface area contributed by atoms with Gasteiger partial charge in [0.2, 0.25) is 6.08 Å². The molecule has 0 unspecified atom stereocenters. The first-order chi connectivity index (χ1) is 9.25. The number of hydrogen-bond donors (Lipinski definition) is 0. The van der Waals surface area contributed by atoms with Crippen LogP contribution in [0.2, 0.25) is 0 Å². The van der Waals surface area contributed by atoms with Gasteiger partial charge in [-0.05, 0) is 30.5 Å². The van der Waals surface area contributed by atoms with Crippen molar-refractivity contribution in [3.05, 3.63) is 22.2 Å². The highest BCUT2D eigenvalue weighted by Crippen LogP contribution is 2.48. The molecule has 1 aromatic rings. The van der Waals surface area contributed by atoms with E-state index < -0.39 is 5.54 Å². The summed E-state index contributed by atoms with van der Waals surface area (Å²) in [5.41, 5.74) is 0.550. The van der Waals surface area contributed by atoms with E-state index in [2.05, 4.69) is 20.9 Å². The van der Waals surface area contributed by atoms with E-state index in [0.717, 1.165) is 47.2 Å². The van der Waals surface area contributed by atoms with Crippen molar-refractivity contribution in [2.45, 2.75) is 31.2 Å². The molecule has 1 aromatic carbocycles. The van der Waals surface area contributed by atoms with E-state index in [1.807, 2.05) is 12.1 Å². The average Bonchev–Trinajstić information content (AvgIpc) is 2.88. The van der Waals surface area contributed by atoms with Crippen molar-refractivity contribution in [3.8, 4) is 11.5 Å². The predicted octanol–water partition coefficient (Wildman–Crippen LogP) is 3.33. The maximum atomic E-state index is 10.8. The average molecular weight is 324 g/mol. The van der Waals surface area contributed by atoms with Crippen molar-refractivity contribution in [2.24, 2.45) is 4.99 Å². The largest absolute Gasteiger partial charge is 0.486 e. The van der Waals surface area contributed by atoms with E-state index in [4.69, 9.17) is 9.47 Å². The topological polar surface area (TPSA) is 47.9 Å². The summed E-state index contributed by atoms with van der Waals surface area (Å²) in [6.45, 7) is 1.12. The fraction of sp³-hybridized carbons (Fsp3) is 0.500. The van der Waals surface area contributed by atoms with Crippen molar-refractivity contribution >= 4 is 22.0 Å². The first-order valence-corrected chi connectivity index (χ1v) is 7.23. The van der Waals surface area contributed by atoms with Crippen LogP contribution in [0.25, 0.3) is 0 Å². The maximum Gasteiger partial charge on any atom is 0.235 e. The number of fused-ring (bicyclic) bond motifs is 1. The van der Waals surface area contributed by atoms with Gasteiger partial charge in [-0.2, -0.15) is 4.99 Å². The second-order valence-electron chi connectivity index (χ2n) is 4.92. The predicted molar refractivity (Wildman–Crippen MR) is 73.4 cm³/mol. The minimum atomic E-state index is -0.448. The highest BCUT2D eigenvalue weighted by molar-refractivity contribution is 9.10. The van der Waals surface area contributed by atoms with Crippen molar-refractivity contribution < 1.29 is 14.3 Å². The quantitative estimate of drug-likeness (QED) is 0.619. The highest BCUT2D eigenvalue weighted by Gasteiger charge is 2.38. The molecule has 0 amide bonds. The molecular weight excluding hydrogens is 310 g/mol. The van der Waals surface area contributed by atoms with Crippen molar-refractivity contribution in [1.82, 2.24) is 0 Å². The summed E-state index contributed by atoms with van der Waals surface area (Å²) < 4.78 is 12.1. The Kier molecular flexibility index (Phi) is 3.33. The van der Waals surface area contributed by atoms with Crippen LogP contribution in [0.3, 0.4) is 0 Å². The Morgan fingerprint density at radius 2 is 1.79 bits per heavy atom. The molecule has 1 heterocycles. The molecule has 3 rings (SSSR count). The number of aliphatic imine (C=N–C) groups is 1. The Balaban J connectivity index is 2.10. The minimum absolute atomic E-state index is 0.448. The molecule has 0 N–H and O–H groups in total. The molecule has 0 radical (unpaired) electrons. The van der Waals surface area contributed by atoms with Crippen LogP contribution in [0, 0.1) is 0 Å². The Hall–Kier alpha value is -1.32. The lowest BCUT2D eigenvalue weighted by Gasteiger charge is -2.27. The van der Waals surface area contributed by atoms with E-state index in [9.17, 15) is 4.79 Å². The zero-order valence-corrected chi connectivity index (χ0v) is 12.0. The second kappa shape index (κ2) is 4.99. The lowest BCUT2D eigenvalue weighted by molar-refractivity contribution is 0.171. The third-order valence-electron chi connectivity index (χ3n) is 3.82. The van der Waals surface area contributed by atoms with Crippen LogP contribution in [0.4, 0.5) is 0 Å². The lowest BCUT2D eigenvalue weighted by atomic mass is 9.88. The number of rotatable bonds is 2. The van der Waals surface area contributed by atoms with E-state index in [1.54, 1.807) is 6.08 Å². The van der Waals surface area contributed by atoms with Crippen molar-refractivity contribution in [2.75, 3.05) is 13.2 Å². The van der Waals surface area contributed by atoms with E-state index >= 15 is 0 Å². The van der Waals surface area contributed by atoms with Gasteiger partial charge < -0.3 is 9.47 Å². The molecule has 2 aliphatic rings. The van der Waals surface area contributed by atoms with Gasteiger partial charge in [0.1, 0.15) is 13.2 Å². The lowest BCUT2D eigenvalue weighted by Crippen LogP contribution is -2.21. The number of ether oxygens (including phenoxy) is 2. The molecule has 5 heteroatoms. The maximum absolute atomic E-state index is 10.8. The summed E-state index contributed by atoms with van der Waals surface area (Å²) in [6.07, 6.45) is 5.64. The molecule has 0 aromatic heterocycles. The van der Waals surface area contributed by atoms with Gasteiger partial charge in [0.15, 0.2) is 11.5 Å². The first kappa shape index (κ1) is 12.7. The third kappa shape index (κ3) is 2.17. The van der Waals surface area contributed by atoms with Gasteiger partial charge in [-0.25, -0.2) is 4.79 Å². The fourth-order valence-electron chi connectivity index (χ4n) is 2.91.